The first-order valence-electron chi connectivity index (χ1n) is 6.42. The molecule has 7 heteroatoms. The number of aromatic amines is 1. The SMILES string of the molecule is Cc1cc(F)c(Br)cc1NC(=O)c1n[nH]c(C(C)C)c1N. The van der Waals surface area contributed by atoms with E-state index >= 15 is 0 Å². The van der Waals surface area contributed by atoms with Crippen LogP contribution in [0.3, 0.4) is 0 Å². The molecular formula is C14H16BrFN4O. The van der Waals surface area contributed by atoms with Crippen molar-refractivity contribution in [3.05, 3.63) is 39.4 Å². The van der Waals surface area contributed by atoms with Crippen molar-refractivity contribution in [1.82, 2.24) is 10.2 Å². The smallest absolute Gasteiger partial charge is 0.278 e. The molecule has 0 saturated carbocycles. The second kappa shape index (κ2) is 5.85. The summed E-state index contributed by atoms with van der Waals surface area (Å²) in [6.45, 7) is 5.61. The zero-order valence-corrected chi connectivity index (χ0v) is 13.5. The molecule has 0 saturated heterocycles. The second-order valence-corrected chi connectivity index (χ2v) is 5.94. The van der Waals surface area contributed by atoms with E-state index in [1.807, 2.05) is 13.8 Å². The minimum atomic E-state index is -0.433. The van der Waals surface area contributed by atoms with Gasteiger partial charge in [0.05, 0.1) is 15.9 Å². The second-order valence-electron chi connectivity index (χ2n) is 5.09. The summed E-state index contributed by atoms with van der Waals surface area (Å²) in [6.07, 6.45) is 0. The molecule has 0 bridgehead atoms. The minimum absolute atomic E-state index is 0.138. The number of carbonyl (C=O) groups is 1. The van der Waals surface area contributed by atoms with Crippen molar-refractivity contribution in [1.29, 1.82) is 0 Å². The number of H-pyrrole nitrogens is 1. The van der Waals surface area contributed by atoms with Gasteiger partial charge in [-0.05, 0) is 46.5 Å². The van der Waals surface area contributed by atoms with E-state index in [2.05, 4.69) is 31.4 Å². The first kappa shape index (κ1) is 15.5. The molecule has 4 N–H and O–H groups in total. The quantitative estimate of drug-likeness (QED) is 0.787. The van der Waals surface area contributed by atoms with Crippen LogP contribution < -0.4 is 11.1 Å². The Morgan fingerprint density at radius 1 is 1.48 bits per heavy atom. The van der Waals surface area contributed by atoms with Crippen molar-refractivity contribution in [3.63, 3.8) is 0 Å². The Balaban J connectivity index is 2.29. The number of hydrogen-bond acceptors (Lipinski definition) is 3. The Morgan fingerprint density at radius 2 is 2.14 bits per heavy atom. The van der Waals surface area contributed by atoms with Crippen LogP contribution in [0, 0.1) is 12.7 Å². The highest BCUT2D eigenvalue weighted by Gasteiger charge is 2.19. The summed E-state index contributed by atoms with van der Waals surface area (Å²) in [5, 5.41) is 9.41. The first-order chi connectivity index (χ1) is 9.81. The van der Waals surface area contributed by atoms with Gasteiger partial charge >= 0.3 is 0 Å². The highest BCUT2D eigenvalue weighted by molar-refractivity contribution is 9.10. The van der Waals surface area contributed by atoms with Crippen LogP contribution in [0.2, 0.25) is 0 Å². The fourth-order valence-electron chi connectivity index (χ4n) is 1.94. The number of amides is 1. The summed E-state index contributed by atoms with van der Waals surface area (Å²) in [4.78, 5) is 12.2. The third-order valence-electron chi connectivity index (χ3n) is 3.14. The lowest BCUT2D eigenvalue weighted by Crippen LogP contribution is -2.15. The number of hydrogen-bond donors (Lipinski definition) is 3. The van der Waals surface area contributed by atoms with E-state index in [9.17, 15) is 9.18 Å². The molecule has 1 aromatic carbocycles. The van der Waals surface area contributed by atoms with Crippen LogP contribution in [0.1, 0.15) is 41.5 Å². The van der Waals surface area contributed by atoms with Crippen LogP contribution in [-0.2, 0) is 0 Å². The van der Waals surface area contributed by atoms with E-state index < -0.39 is 5.91 Å². The fourth-order valence-corrected chi connectivity index (χ4v) is 2.28. The average molecular weight is 355 g/mol. The number of halogens is 2. The Labute approximate surface area is 130 Å². The highest BCUT2D eigenvalue weighted by atomic mass is 79.9. The standard InChI is InChI=1S/C14H16BrFN4O/c1-6(2)12-11(17)13(20-19-12)14(21)18-10-5-8(15)9(16)4-7(10)3/h4-6H,17H2,1-3H3,(H,18,21)(H,19,20). The normalized spacial score (nSPS) is 11.0. The van der Waals surface area contributed by atoms with Gasteiger partial charge in [0, 0.05) is 5.69 Å². The molecule has 0 unspecified atom stereocenters. The number of nitrogens with one attached hydrogen (secondary N) is 2. The molecule has 0 aliphatic heterocycles. The van der Waals surface area contributed by atoms with Gasteiger partial charge in [0.1, 0.15) is 5.82 Å². The van der Waals surface area contributed by atoms with Crippen LogP contribution in [0.5, 0.6) is 0 Å². The summed E-state index contributed by atoms with van der Waals surface area (Å²) in [5.41, 5.74) is 8.23. The zero-order valence-electron chi connectivity index (χ0n) is 11.9. The van der Waals surface area contributed by atoms with E-state index in [-0.39, 0.29) is 21.9 Å². The van der Waals surface area contributed by atoms with Crippen molar-refractivity contribution in [2.75, 3.05) is 11.1 Å². The first-order valence-corrected chi connectivity index (χ1v) is 7.21. The van der Waals surface area contributed by atoms with Gasteiger partial charge in [0.25, 0.3) is 5.91 Å². The Bertz CT molecular complexity index is 697. The number of aromatic nitrogens is 2. The molecule has 0 aliphatic carbocycles. The van der Waals surface area contributed by atoms with Crippen molar-refractivity contribution in [3.8, 4) is 0 Å². The van der Waals surface area contributed by atoms with Gasteiger partial charge in [0.15, 0.2) is 5.69 Å². The fraction of sp³-hybridized carbons (Fsp3) is 0.286. The lowest BCUT2D eigenvalue weighted by molar-refractivity contribution is 0.102. The van der Waals surface area contributed by atoms with Crippen LogP contribution in [0.25, 0.3) is 0 Å². The van der Waals surface area contributed by atoms with E-state index in [0.717, 1.165) is 5.69 Å². The predicted molar refractivity (Wildman–Crippen MR) is 83.9 cm³/mol. The molecule has 5 nitrogen and oxygen atoms in total. The van der Waals surface area contributed by atoms with Gasteiger partial charge in [-0.1, -0.05) is 13.8 Å². The van der Waals surface area contributed by atoms with Gasteiger partial charge in [-0.2, -0.15) is 5.10 Å². The maximum atomic E-state index is 13.4. The van der Waals surface area contributed by atoms with Crippen LogP contribution in [-0.4, -0.2) is 16.1 Å². The Hall–Kier alpha value is -1.89. The number of nitrogens with zero attached hydrogens (tertiary/aromatic N) is 1. The molecule has 21 heavy (non-hydrogen) atoms. The number of carbonyl (C=O) groups excluding carboxylic acids is 1. The molecule has 1 heterocycles. The number of aryl methyl sites for hydroxylation is 1. The molecule has 0 radical (unpaired) electrons. The van der Waals surface area contributed by atoms with E-state index in [1.54, 1.807) is 6.92 Å². The molecule has 112 valence electrons. The van der Waals surface area contributed by atoms with Crippen molar-refractivity contribution < 1.29 is 9.18 Å². The highest BCUT2D eigenvalue weighted by Crippen LogP contribution is 2.26. The maximum Gasteiger partial charge on any atom is 0.278 e. The maximum absolute atomic E-state index is 13.4. The lowest BCUT2D eigenvalue weighted by atomic mass is 10.1. The van der Waals surface area contributed by atoms with Crippen LogP contribution in [0.4, 0.5) is 15.8 Å². The molecule has 0 aliphatic rings. The molecule has 0 atom stereocenters. The molecule has 1 aromatic heterocycles. The Morgan fingerprint density at radius 3 is 2.71 bits per heavy atom. The summed E-state index contributed by atoms with van der Waals surface area (Å²) < 4.78 is 13.7. The topological polar surface area (TPSA) is 83.8 Å². The average Bonchev–Trinajstić information content (AvgIpc) is 2.78. The van der Waals surface area contributed by atoms with Crippen molar-refractivity contribution >= 4 is 33.2 Å². The summed E-state index contributed by atoms with van der Waals surface area (Å²) in [5.74, 6) is -0.676. The molecule has 0 spiro atoms. The minimum Gasteiger partial charge on any atom is -0.395 e. The zero-order chi connectivity index (χ0) is 15.7. The van der Waals surface area contributed by atoms with E-state index in [1.165, 1.54) is 12.1 Å². The number of anilines is 2. The van der Waals surface area contributed by atoms with E-state index in [0.29, 0.717) is 16.9 Å². The van der Waals surface area contributed by atoms with Crippen LogP contribution >= 0.6 is 15.9 Å². The van der Waals surface area contributed by atoms with Crippen molar-refractivity contribution in [2.24, 2.45) is 0 Å². The molecule has 1 amide bonds. The monoisotopic (exact) mass is 354 g/mol. The molecule has 0 fully saturated rings. The van der Waals surface area contributed by atoms with Gasteiger partial charge in [0.2, 0.25) is 0 Å². The molecular weight excluding hydrogens is 339 g/mol. The van der Waals surface area contributed by atoms with Crippen LogP contribution in [0.15, 0.2) is 16.6 Å². The third kappa shape index (κ3) is 3.07. The molecule has 2 rings (SSSR count). The number of rotatable bonds is 3. The lowest BCUT2D eigenvalue weighted by Gasteiger charge is -2.09. The van der Waals surface area contributed by atoms with Gasteiger partial charge < -0.3 is 11.1 Å². The van der Waals surface area contributed by atoms with Gasteiger partial charge in [-0.25, -0.2) is 4.39 Å². The number of nitrogens with two attached hydrogens (primary N) is 1. The largest absolute Gasteiger partial charge is 0.395 e. The van der Waals surface area contributed by atoms with E-state index in [4.69, 9.17) is 5.73 Å². The summed E-state index contributed by atoms with van der Waals surface area (Å²) in [6, 6.07) is 2.85. The third-order valence-corrected chi connectivity index (χ3v) is 3.75. The Kier molecular flexibility index (Phi) is 4.32. The van der Waals surface area contributed by atoms with Gasteiger partial charge in [-0.3, -0.25) is 9.89 Å². The predicted octanol–water partition coefficient (Wildman–Crippen LogP) is 3.58. The van der Waals surface area contributed by atoms with Gasteiger partial charge in [-0.15, -0.1) is 0 Å². The summed E-state index contributed by atoms with van der Waals surface area (Å²) in [7, 11) is 0. The number of nitrogen functional groups attached to an aromatic ring is 1. The molecule has 2 aromatic rings. The van der Waals surface area contributed by atoms with Crippen molar-refractivity contribution in [2.45, 2.75) is 26.7 Å². The summed E-state index contributed by atoms with van der Waals surface area (Å²) >= 11 is 3.09. The number of benzene rings is 1.